The quantitative estimate of drug-likeness (QED) is 0.945. The molecule has 0 aliphatic rings. The molecule has 1 atom stereocenters. The van der Waals surface area contributed by atoms with Gasteiger partial charge in [-0.15, -0.1) is 0 Å². The van der Waals surface area contributed by atoms with E-state index >= 15 is 0 Å². The second-order valence-corrected chi connectivity index (χ2v) is 5.16. The molecule has 96 valence electrons. The first kappa shape index (κ1) is 13.1. The van der Waals surface area contributed by atoms with Crippen LogP contribution < -0.4 is 10.5 Å². The first-order valence-corrected chi connectivity index (χ1v) is 6.52. The SMILES string of the molecule is C[C@H](N)c1ccc(Br)cc1OCc1ccn(C)n1. The molecule has 1 aromatic carbocycles. The van der Waals surface area contributed by atoms with Crippen LogP contribution in [0.2, 0.25) is 0 Å². The molecule has 2 rings (SSSR count). The van der Waals surface area contributed by atoms with Crippen molar-refractivity contribution in [3.05, 3.63) is 46.2 Å². The third-order valence-corrected chi connectivity index (χ3v) is 3.10. The van der Waals surface area contributed by atoms with Crippen LogP contribution in [0.5, 0.6) is 5.75 Å². The fourth-order valence-corrected chi connectivity index (χ4v) is 2.04. The Hall–Kier alpha value is -1.33. The van der Waals surface area contributed by atoms with Gasteiger partial charge in [0.25, 0.3) is 0 Å². The Balaban J connectivity index is 2.15. The van der Waals surface area contributed by atoms with E-state index in [2.05, 4.69) is 21.0 Å². The predicted molar refractivity (Wildman–Crippen MR) is 74.3 cm³/mol. The molecule has 0 bridgehead atoms. The summed E-state index contributed by atoms with van der Waals surface area (Å²) in [5.41, 5.74) is 7.81. The molecular weight excluding hydrogens is 294 g/mol. The molecule has 0 amide bonds. The first-order chi connectivity index (χ1) is 8.56. The van der Waals surface area contributed by atoms with E-state index in [9.17, 15) is 0 Å². The highest BCUT2D eigenvalue weighted by Gasteiger charge is 2.09. The van der Waals surface area contributed by atoms with Crippen molar-refractivity contribution in [2.75, 3.05) is 0 Å². The van der Waals surface area contributed by atoms with Gasteiger partial charge in [-0.1, -0.05) is 22.0 Å². The maximum Gasteiger partial charge on any atom is 0.132 e. The summed E-state index contributed by atoms with van der Waals surface area (Å²) >= 11 is 3.44. The molecule has 5 heteroatoms. The number of halogens is 1. The molecule has 0 fully saturated rings. The largest absolute Gasteiger partial charge is 0.487 e. The van der Waals surface area contributed by atoms with Gasteiger partial charge in [0.05, 0.1) is 5.69 Å². The molecule has 1 aromatic heterocycles. The topological polar surface area (TPSA) is 53.1 Å². The minimum Gasteiger partial charge on any atom is -0.487 e. The number of aromatic nitrogens is 2. The lowest BCUT2D eigenvalue weighted by Gasteiger charge is -2.13. The average molecular weight is 310 g/mol. The number of nitrogens with two attached hydrogens (primary N) is 1. The van der Waals surface area contributed by atoms with Crippen LogP contribution in [0.4, 0.5) is 0 Å². The molecule has 0 unspecified atom stereocenters. The maximum absolute atomic E-state index is 5.92. The molecule has 1 heterocycles. The van der Waals surface area contributed by atoms with Crippen LogP contribution in [0.3, 0.4) is 0 Å². The molecule has 0 radical (unpaired) electrons. The van der Waals surface area contributed by atoms with Gasteiger partial charge in [0.15, 0.2) is 0 Å². The van der Waals surface area contributed by atoms with Gasteiger partial charge in [-0.3, -0.25) is 4.68 Å². The fraction of sp³-hybridized carbons (Fsp3) is 0.308. The van der Waals surface area contributed by atoms with Crippen molar-refractivity contribution in [3.8, 4) is 5.75 Å². The standard InChI is InChI=1S/C13H16BrN3O/c1-9(15)12-4-3-10(14)7-13(12)18-8-11-5-6-17(2)16-11/h3-7,9H,8,15H2,1-2H3/t9-/m0/s1. The Labute approximate surface area is 115 Å². The van der Waals surface area contributed by atoms with Crippen LogP contribution >= 0.6 is 15.9 Å². The van der Waals surface area contributed by atoms with Crippen LogP contribution in [0, 0.1) is 0 Å². The van der Waals surface area contributed by atoms with E-state index in [-0.39, 0.29) is 6.04 Å². The Morgan fingerprint density at radius 3 is 2.83 bits per heavy atom. The third-order valence-electron chi connectivity index (χ3n) is 2.61. The lowest BCUT2D eigenvalue weighted by molar-refractivity contribution is 0.295. The van der Waals surface area contributed by atoms with Crippen LogP contribution in [0.15, 0.2) is 34.9 Å². The zero-order valence-corrected chi connectivity index (χ0v) is 12.0. The van der Waals surface area contributed by atoms with Gasteiger partial charge in [-0.2, -0.15) is 5.10 Å². The van der Waals surface area contributed by atoms with Gasteiger partial charge in [0.2, 0.25) is 0 Å². The van der Waals surface area contributed by atoms with Crippen LogP contribution in [0.1, 0.15) is 24.2 Å². The lowest BCUT2D eigenvalue weighted by atomic mass is 10.1. The summed E-state index contributed by atoms with van der Waals surface area (Å²) in [5, 5.41) is 4.27. The van der Waals surface area contributed by atoms with E-state index in [1.807, 2.05) is 44.4 Å². The Bertz CT molecular complexity index is 537. The molecule has 2 N–H and O–H groups in total. The summed E-state index contributed by atoms with van der Waals surface area (Å²) in [5.74, 6) is 0.796. The summed E-state index contributed by atoms with van der Waals surface area (Å²) in [7, 11) is 1.88. The summed E-state index contributed by atoms with van der Waals surface area (Å²) in [6.45, 7) is 2.38. The van der Waals surface area contributed by atoms with Crippen LogP contribution in [-0.2, 0) is 13.7 Å². The van der Waals surface area contributed by atoms with Crippen LogP contribution in [-0.4, -0.2) is 9.78 Å². The minimum absolute atomic E-state index is 0.0585. The highest BCUT2D eigenvalue weighted by atomic mass is 79.9. The van der Waals surface area contributed by atoms with Crippen molar-refractivity contribution in [3.63, 3.8) is 0 Å². The summed E-state index contributed by atoms with van der Waals surface area (Å²) in [6.07, 6.45) is 1.89. The Morgan fingerprint density at radius 1 is 1.44 bits per heavy atom. The molecule has 0 aliphatic carbocycles. The van der Waals surface area contributed by atoms with Crippen molar-refractivity contribution < 1.29 is 4.74 Å². The number of hydrogen-bond donors (Lipinski definition) is 1. The molecular formula is C13H16BrN3O. The molecule has 0 aliphatic heterocycles. The van der Waals surface area contributed by atoms with Crippen molar-refractivity contribution in [2.24, 2.45) is 12.8 Å². The van der Waals surface area contributed by atoms with E-state index < -0.39 is 0 Å². The van der Waals surface area contributed by atoms with Gasteiger partial charge < -0.3 is 10.5 Å². The summed E-state index contributed by atoms with van der Waals surface area (Å²) in [4.78, 5) is 0. The van der Waals surface area contributed by atoms with E-state index in [1.54, 1.807) is 4.68 Å². The number of nitrogens with zero attached hydrogens (tertiary/aromatic N) is 2. The first-order valence-electron chi connectivity index (χ1n) is 5.72. The van der Waals surface area contributed by atoms with Crippen molar-refractivity contribution in [1.29, 1.82) is 0 Å². The smallest absolute Gasteiger partial charge is 0.132 e. The second-order valence-electron chi connectivity index (χ2n) is 4.24. The van der Waals surface area contributed by atoms with Gasteiger partial charge in [-0.05, 0) is 25.1 Å². The number of benzene rings is 1. The molecule has 4 nitrogen and oxygen atoms in total. The van der Waals surface area contributed by atoms with E-state index in [1.165, 1.54) is 0 Å². The molecule has 0 saturated heterocycles. The molecule has 2 aromatic rings. The van der Waals surface area contributed by atoms with Crippen LogP contribution in [0.25, 0.3) is 0 Å². The highest BCUT2D eigenvalue weighted by molar-refractivity contribution is 9.10. The molecule has 18 heavy (non-hydrogen) atoms. The number of rotatable bonds is 4. The Kier molecular flexibility index (Phi) is 4.04. The molecule has 0 saturated carbocycles. The van der Waals surface area contributed by atoms with Gasteiger partial charge >= 0.3 is 0 Å². The van der Waals surface area contributed by atoms with E-state index in [0.717, 1.165) is 21.5 Å². The monoisotopic (exact) mass is 309 g/mol. The van der Waals surface area contributed by atoms with E-state index in [0.29, 0.717) is 6.61 Å². The van der Waals surface area contributed by atoms with Gasteiger partial charge in [0.1, 0.15) is 12.4 Å². The summed E-state index contributed by atoms with van der Waals surface area (Å²) < 4.78 is 8.52. The van der Waals surface area contributed by atoms with Crippen molar-refractivity contribution >= 4 is 15.9 Å². The lowest BCUT2D eigenvalue weighted by Crippen LogP contribution is -2.08. The van der Waals surface area contributed by atoms with Gasteiger partial charge in [0, 0.05) is 29.3 Å². The number of hydrogen-bond acceptors (Lipinski definition) is 3. The fourth-order valence-electron chi connectivity index (χ4n) is 1.70. The number of aryl methyl sites for hydroxylation is 1. The molecule has 0 spiro atoms. The Morgan fingerprint density at radius 2 is 2.22 bits per heavy atom. The maximum atomic E-state index is 5.92. The zero-order valence-electron chi connectivity index (χ0n) is 10.4. The van der Waals surface area contributed by atoms with Crippen molar-refractivity contribution in [2.45, 2.75) is 19.6 Å². The summed E-state index contributed by atoms with van der Waals surface area (Å²) in [6, 6.07) is 7.75. The predicted octanol–water partition coefficient (Wildman–Crippen LogP) is 2.78. The third kappa shape index (κ3) is 3.11. The minimum atomic E-state index is -0.0585. The van der Waals surface area contributed by atoms with Gasteiger partial charge in [-0.25, -0.2) is 0 Å². The van der Waals surface area contributed by atoms with Crippen molar-refractivity contribution in [1.82, 2.24) is 9.78 Å². The zero-order chi connectivity index (χ0) is 13.1. The highest BCUT2D eigenvalue weighted by Crippen LogP contribution is 2.28. The van der Waals surface area contributed by atoms with E-state index in [4.69, 9.17) is 10.5 Å². The normalized spacial score (nSPS) is 12.4. The second kappa shape index (κ2) is 5.54. The average Bonchev–Trinajstić information content (AvgIpc) is 2.72. The number of ether oxygens (including phenoxy) is 1.